The van der Waals surface area contributed by atoms with Gasteiger partial charge in [-0.3, -0.25) is 0 Å². The standard InChI is InChI=1S/C9H15N/c1-2-5-9-7-3-6-8(4-1)10-9/h1-2,8-10H,3-7H2/t8-,9+. The second kappa shape index (κ2) is 2.75. The molecule has 2 bridgehead atoms. The van der Waals surface area contributed by atoms with Crippen molar-refractivity contribution in [3.63, 3.8) is 0 Å². The van der Waals surface area contributed by atoms with Crippen molar-refractivity contribution in [1.82, 2.24) is 5.32 Å². The molecule has 56 valence electrons. The molecular weight excluding hydrogens is 122 g/mol. The zero-order chi connectivity index (χ0) is 6.81. The molecule has 0 radical (unpaired) electrons. The minimum absolute atomic E-state index is 0.803. The minimum Gasteiger partial charge on any atom is -0.311 e. The number of hydrogen-bond acceptors (Lipinski definition) is 1. The zero-order valence-electron chi connectivity index (χ0n) is 6.34. The van der Waals surface area contributed by atoms with Gasteiger partial charge in [-0.15, -0.1) is 0 Å². The molecule has 0 aromatic rings. The molecule has 2 rings (SSSR count). The van der Waals surface area contributed by atoms with Gasteiger partial charge in [-0.05, 0) is 25.7 Å². The molecule has 1 nitrogen and oxygen atoms in total. The first-order valence-corrected chi connectivity index (χ1v) is 4.36. The van der Waals surface area contributed by atoms with Crippen molar-refractivity contribution in [3.05, 3.63) is 12.2 Å². The first kappa shape index (κ1) is 6.41. The highest BCUT2D eigenvalue weighted by Gasteiger charge is 2.20. The maximum Gasteiger partial charge on any atom is 0.0104 e. The van der Waals surface area contributed by atoms with Crippen LogP contribution in [0.3, 0.4) is 0 Å². The molecule has 2 atom stereocenters. The van der Waals surface area contributed by atoms with Crippen LogP contribution in [0.4, 0.5) is 0 Å². The molecule has 10 heavy (non-hydrogen) atoms. The van der Waals surface area contributed by atoms with E-state index in [0.29, 0.717) is 0 Å². The Hall–Kier alpha value is -0.300. The van der Waals surface area contributed by atoms with Gasteiger partial charge in [-0.25, -0.2) is 0 Å². The van der Waals surface area contributed by atoms with Crippen LogP contribution in [-0.4, -0.2) is 12.1 Å². The molecule has 1 heteroatoms. The van der Waals surface area contributed by atoms with Crippen LogP contribution in [0, 0.1) is 0 Å². The molecule has 1 N–H and O–H groups in total. The molecule has 1 saturated heterocycles. The van der Waals surface area contributed by atoms with Crippen LogP contribution < -0.4 is 5.32 Å². The van der Waals surface area contributed by atoms with Crippen molar-refractivity contribution in [2.45, 2.75) is 44.2 Å². The van der Waals surface area contributed by atoms with Crippen molar-refractivity contribution in [2.75, 3.05) is 0 Å². The van der Waals surface area contributed by atoms with E-state index >= 15 is 0 Å². The summed E-state index contributed by atoms with van der Waals surface area (Å²) >= 11 is 0. The fourth-order valence-electron chi connectivity index (χ4n) is 2.00. The summed E-state index contributed by atoms with van der Waals surface area (Å²) in [5.74, 6) is 0. The Morgan fingerprint density at radius 3 is 2.20 bits per heavy atom. The molecule has 0 aromatic carbocycles. The monoisotopic (exact) mass is 137 g/mol. The average molecular weight is 137 g/mol. The van der Waals surface area contributed by atoms with Gasteiger partial charge in [0.25, 0.3) is 0 Å². The number of rotatable bonds is 0. The van der Waals surface area contributed by atoms with Gasteiger partial charge in [0.05, 0.1) is 0 Å². The SMILES string of the molecule is C1=CC[C@H]2CCC[C@@H](C1)N2. The van der Waals surface area contributed by atoms with Gasteiger partial charge in [0.2, 0.25) is 0 Å². The third-order valence-corrected chi connectivity index (χ3v) is 2.58. The quantitative estimate of drug-likeness (QED) is 0.502. The van der Waals surface area contributed by atoms with Crippen LogP contribution in [0.25, 0.3) is 0 Å². The van der Waals surface area contributed by atoms with E-state index in [4.69, 9.17) is 0 Å². The molecule has 0 aromatic heterocycles. The van der Waals surface area contributed by atoms with Gasteiger partial charge >= 0.3 is 0 Å². The predicted octanol–water partition coefficient (Wildman–Crippen LogP) is 1.85. The molecule has 2 heterocycles. The van der Waals surface area contributed by atoms with Crippen LogP contribution in [0.15, 0.2) is 12.2 Å². The smallest absolute Gasteiger partial charge is 0.0104 e. The van der Waals surface area contributed by atoms with Crippen LogP contribution in [0.5, 0.6) is 0 Å². The Balaban J connectivity index is 2.03. The van der Waals surface area contributed by atoms with Gasteiger partial charge in [-0.1, -0.05) is 18.6 Å². The first-order valence-electron chi connectivity index (χ1n) is 4.36. The first-order chi connectivity index (χ1) is 4.95. The Morgan fingerprint density at radius 2 is 1.60 bits per heavy atom. The van der Waals surface area contributed by atoms with E-state index in [-0.39, 0.29) is 0 Å². The fraction of sp³-hybridized carbons (Fsp3) is 0.778. The summed E-state index contributed by atoms with van der Waals surface area (Å²) in [6, 6.07) is 1.61. The number of nitrogens with one attached hydrogen (secondary N) is 1. The molecule has 0 amide bonds. The summed E-state index contributed by atoms with van der Waals surface area (Å²) in [5, 5.41) is 3.65. The van der Waals surface area contributed by atoms with Gasteiger partial charge in [-0.2, -0.15) is 0 Å². The van der Waals surface area contributed by atoms with E-state index in [1.165, 1.54) is 32.1 Å². The van der Waals surface area contributed by atoms with Crippen molar-refractivity contribution >= 4 is 0 Å². The Labute approximate surface area is 62.5 Å². The van der Waals surface area contributed by atoms with E-state index in [0.717, 1.165) is 12.1 Å². The van der Waals surface area contributed by atoms with E-state index in [1.807, 2.05) is 0 Å². The zero-order valence-corrected chi connectivity index (χ0v) is 6.34. The molecular formula is C9H15N. The second-order valence-corrected chi connectivity index (χ2v) is 3.43. The van der Waals surface area contributed by atoms with Gasteiger partial charge < -0.3 is 5.32 Å². The van der Waals surface area contributed by atoms with Crippen molar-refractivity contribution in [1.29, 1.82) is 0 Å². The van der Waals surface area contributed by atoms with Crippen LogP contribution in [-0.2, 0) is 0 Å². The lowest BCUT2D eigenvalue weighted by molar-refractivity contribution is 0.330. The third kappa shape index (κ3) is 1.24. The van der Waals surface area contributed by atoms with E-state index in [2.05, 4.69) is 17.5 Å². The van der Waals surface area contributed by atoms with Crippen LogP contribution >= 0.6 is 0 Å². The summed E-state index contributed by atoms with van der Waals surface area (Å²) in [7, 11) is 0. The lowest BCUT2D eigenvalue weighted by Crippen LogP contribution is -2.40. The number of fused-ring (bicyclic) bond motifs is 2. The van der Waals surface area contributed by atoms with Crippen molar-refractivity contribution < 1.29 is 0 Å². The van der Waals surface area contributed by atoms with Crippen LogP contribution in [0.2, 0.25) is 0 Å². The summed E-state index contributed by atoms with van der Waals surface area (Å²) in [6.07, 6.45) is 11.4. The fourth-order valence-corrected chi connectivity index (χ4v) is 2.00. The van der Waals surface area contributed by atoms with Crippen molar-refractivity contribution in [2.24, 2.45) is 0 Å². The van der Waals surface area contributed by atoms with Gasteiger partial charge in [0.1, 0.15) is 0 Å². The maximum absolute atomic E-state index is 3.65. The summed E-state index contributed by atoms with van der Waals surface area (Å²) in [5.41, 5.74) is 0. The molecule has 0 aliphatic carbocycles. The lowest BCUT2D eigenvalue weighted by Gasteiger charge is -2.28. The molecule has 2 aliphatic heterocycles. The summed E-state index contributed by atoms with van der Waals surface area (Å²) in [4.78, 5) is 0. The average Bonchev–Trinajstić information content (AvgIpc) is 2.12. The Kier molecular flexibility index (Phi) is 1.76. The molecule has 1 fully saturated rings. The normalized spacial score (nSPS) is 39.2. The number of piperidine rings is 1. The highest BCUT2D eigenvalue weighted by molar-refractivity contribution is 4.97. The molecule has 0 unspecified atom stereocenters. The summed E-state index contributed by atoms with van der Waals surface area (Å²) < 4.78 is 0. The van der Waals surface area contributed by atoms with Crippen molar-refractivity contribution in [3.8, 4) is 0 Å². The molecule has 0 spiro atoms. The second-order valence-electron chi connectivity index (χ2n) is 3.43. The molecule has 2 aliphatic rings. The van der Waals surface area contributed by atoms with Gasteiger partial charge in [0, 0.05) is 12.1 Å². The Morgan fingerprint density at radius 1 is 1.00 bits per heavy atom. The predicted molar refractivity (Wildman–Crippen MR) is 42.9 cm³/mol. The lowest BCUT2D eigenvalue weighted by atomic mass is 9.97. The van der Waals surface area contributed by atoms with E-state index in [9.17, 15) is 0 Å². The largest absolute Gasteiger partial charge is 0.311 e. The molecule has 0 saturated carbocycles. The maximum atomic E-state index is 3.65. The summed E-state index contributed by atoms with van der Waals surface area (Å²) in [6.45, 7) is 0. The highest BCUT2D eigenvalue weighted by atomic mass is 15.0. The third-order valence-electron chi connectivity index (χ3n) is 2.58. The number of hydrogen-bond donors (Lipinski definition) is 1. The van der Waals surface area contributed by atoms with Gasteiger partial charge in [0.15, 0.2) is 0 Å². The van der Waals surface area contributed by atoms with Crippen LogP contribution in [0.1, 0.15) is 32.1 Å². The topological polar surface area (TPSA) is 12.0 Å². The minimum atomic E-state index is 0.803. The van der Waals surface area contributed by atoms with E-state index < -0.39 is 0 Å². The Bertz CT molecular complexity index is 126. The highest BCUT2D eigenvalue weighted by Crippen LogP contribution is 2.20. The van der Waals surface area contributed by atoms with E-state index in [1.54, 1.807) is 0 Å².